The highest BCUT2D eigenvalue weighted by Crippen LogP contribution is 2.20. The average molecular weight is 357 g/mol. The summed E-state index contributed by atoms with van der Waals surface area (Å²) in [5, 5.41) is 10.4. The van der Waals surface area contributed by atoms with E-state index in [1.54, 1.807) is 31.2 Å². The van der Waals surface area contributed by atoms with Crippen LogP contribution in [0.25, 0.3) is 5.76 Å². The zero-order chi connectivity index (χ0) is 18.9. The number of hydrogen-bond donors (Lipinski definition) is 1. The molecule has 1 N–H and O–H groups in total. The molecular weight excluding hydrogens is 337 g/mol. The number of hydrogen-bond acceptors (Lipinski definition) is 5. The fraction of sp³-hybridized carbons (Fsp3) is 0.200. The van der Waals surface area contributed by atoms with Crippen molar-refractivity contribution in [1.82, 2.24) is 0 Å². The van der Waals surface area contributed by atoms with Gasteiger partial charge in [0.05, 0.1) is 18.9 Å². The molecule has 0 heterocycles. The van der Waals surface area contributed by atoms with Crippen molar-refractivity contribution in [2.45, 2.75) is 13.8 Å². The molecule has 0 aliphatic carbocycles. The third-order valence-corrected chi connectivity index (χ3v) is 3.36. The first-order valence-electron chi connectivity index (χ1n) is 8.18. The number of aliphatic imine (C=N–C) groups is 1. The van der Waals surface area contributed by atoms with Gasteiger partial charge in [0, 0.05) is 11.8 Å². The van der Waals surface area contributed by atoms with Gasteiger partial charge in [-0.15, -0.1) is 0 Å². The van der Waals surface area contributed by atoms with Crippen LogP contribution in [-0.2, 0) is 9.53 Å². The number of halogens is 1. The minimum atomic E-state index is -0.719. The first kappa shape index (κ1) is 19.2. The summed E-state index contributed by atoms with van der Waals surface area (Å²) in [6.45, 7) is 4.26. The normalized spacial score (nSPS) is 12.0. The largest absolute Gasteiger partial charge is 0.506 e. The summed E-state index contributed by atoms with van der Waals surface area (Å²) in [4.78, 5) is 16.4. The van der Waals surface area contributed by atoms with Gasteiger partial charge in [0.15, 0.2) is 0 Å². The second-order valence-electron chi connectivity index (χ2n) is 5.17. The highest BCUT2D eigenvalue weighted by atomic mass is 19.1. The fourth-order valence-electron chi connectivity index (χ4n) is 2.12. The second-order valence-corrected chi connectivity index (χ2v) is 5.17. The maximum Gasteiger partial charge on any atom is 0.343 e. The Bertz CT molecular complexity index is 796. The van der Waals surface area contributed by atoms with Crippen molar-refractivity contribution in [3.05, 3.63) is 65.5 Å². The van der Waals surface area contributed by atoms with E-state index in [0.29, 0.717) is 18.0 Å². The molecule has 0 atom stereocenters. The lowest BCUT2D eigenvalue weighted by molar-refractivity contribution is -0.137. The van der Waals surface area contributed by atoms with Gasteiger partial charge < -0.3 is 14.6 Å². The van der Waals surface area contributed by atoms with Crippen LogP contribution in [0.15, 0.2) is 59.1 Å². The van der Waals surface area contributed by atoms with E-state index in [1.807, 2.05) is 6.92 Å². The van der Waals surface area contributed by atoms with Gasteiger partial charge in [-0.3, -0.25) is 4.99 Å². The van der Waals surface area contributed by atoms with Gasteiger partial charge >= 0.3 is 5.97 Å². The highest BCUT2D eigenvalue weighted by Gasteiger charge is 2.16. The lowest BCUT2D eigenvalue weighted by atomic mass is 10.1. The molecule has 0 aromatic heterocycles. The van der Waals surface area contributed by atoms with E-state index >= 15 is 0 Å². The molecule has 0 radical (unpaired) electrons. The number of aliphatic hydroxyl groups excluding tert-OH is 1. The molecule has 2 aromatic carbocycles. The molecule has 5 nitrogen and oxygen atoms in total. The Kier molecular flexibility index (Phi) is 6.91. The molecule has 0 unspecified atom stereocenters. The fourth-order valence-corrected chi connectivity index (χ4v) is 2.12. The zero-order valence-corrected chi connectivity index (χ0v) is 14.6. The number of benzene rings is 2. The predicted octanol–water partition coefficient (Wildman–Crippen LogP) is 4.46. The predicted molar refractivity (Wildman–Crippen MR) is 98.3 cm³/mol. The molecule has 0 bridgehead atoms. The molecule has 0 fully saturated rings. The lowest BCUT2D eigenvalue weighted by Gasteiger charge is -2.07. The van der Waals surface area contributed by atoms with Crippen LogP contribution in [0.5, 0.6) is 5.75 Å². The zero-order valence-electron chi connectivity index (χ0n) is 14.6. The average Bonchev–Trinajstić information content (AvgIpc) is 2.64. The van der Waals surface area contributed by atoms with E-state index in [9.17, 15) is 14.3 Å². The van der Waals surface area contributed by atoms with E-state index in [4.69, 9.17) is 9.47 Å². The Morgan fingerprint density at radius 2 is 1.73 bits per heavy atom. The summed E-state index contributed by atoms with van der Waals surface area (Å²) >= 11 is 0. The second kappa shape index (κ2) is 9.36. The monoisotopic (exact) mass is 357 g/mol. The summed E-state index contributed by atoms with van der Waals surface area (Å²) in [7, 11) is 0. The third kappa shape index (κ3) is 5.17. The van der Waals surface area contributed by atoms with Crippen molar-refractivity contribution in [1.29, 1.82) is 0 Å². The maximum absolute atomic E-state index is 13.1. The highest BCUT2D eigenvalue weighted by molar-refractivity contribution is 6.15. The minimum Gasteiger partial charge on any atom is -0.506 e. The molecule has 2 aromatic rings. The van der Waals surface area contributed by atoms with Crippen molar-refractivity contribution < 1.29 is 23.8 Å². The number of aliphatic hydroxyl groups is 1. The van der Waals surface area contributed by atoms with Gasteiger partial charge in [0.2, 0.25) is 0 Å². The van der Waals surface area contributed by atoms with Crippen LogP contribution in [0.1, 0.15) is 19.4 Å². The van der Waals surface area contributed by atoms with Crippen molar-refractivity contribution in [3.63, 3.8) is 0 Å². The van der Waals surface area contributed by atoms with Crippen molar-refractivity contribution >= 4 is 23.6 Å². The summed E-state index contributed by atoms with van der Waals surface area (Å²) < 4.78 is 23.4. The van der Waals surface area contributed by atoms with Crippen LogP contribution >= 0.6 is 0 Å². The molecule has 0 spiro atoms. The Balaban J connectivity index is 2.33. The first-order chi connectivity index (χ1) is 12.5. The Morgan fingerprint density at radius 3 is 2.31 bits per heavy atom. The van der Waals surface area contributed by atoms with Crippen LogP contribution in [0.4, 0.5) is 10.1 Å². The summed E-state index contributed by atoms with van der Waals surface area (Å²) in [6, 6.07) is 12.1. The quantitative estimate of drug-likeness (QED) is 0.344. The number of ether oxygens (including phenoxy) is 2. The SMILES string of the molecule is CCOC(=O)/C(C=Nc1ccc(OCC)cc1)=C(\O)c1ccc(F)cc1. The van der Waals surface area contributed by atoms with Crippen molar-refractivity contribution in [3.8, 4) is 5.75 Å². The lowest BCUT2D eigenvalue weighted by Crippen LogP contribution is -2.11. The smallest absolute Gasteiger partial charge is 0.343 e. The molecule has 0 aliphatic rings. The number of esters is 1. The number of carbonyl (C=O) groups excluding carboxylic acids is 1. The number of carbonyl (C=O) groups is 1. The Hall–Kier alpha value is -3.15. The Morgan fingerprint density at radius 1 is 1.08 bits per heavy atom. The first-order valence-corrected chi connectivity index (χ1v) is 8.18. The van der Waals surface area contributed by atoms with Gasteiger partial charge in [0.25, 0.3) is 0 Å². The van der Waals surface area contributed by atoms with Gasteiger partial charge in [-0.2, -0.15) is 0 Å². The minimum absolute atomic E-state index is 0.118. The standard InChI is InChI=1S/C20H20FNO4/c1-3-25-17-11-9-16(10-12-17)22-13-18(20(24)26-4-2)19(23)14-5-7-15(21)8-6-14/h5-13,23H,3-4H2,1-2H3/b19-18-,22-13?. The summed E-state index contributed by atoms with van der Waals surface area (Å²) in [6.07, 6.45) is 1.23. The molecule has 6 heteroatoms. The van der Waals surface area contributed by atoms with Gasteiger partial charge in [-0.05, 0) is 62.4 Å². The third-order valence-electron chi connectivity index (χ3n) is 3.36. The van der Waals surface area contributed by atoms with Crippen molar-refractivity contribution in [2.24, 2.45) is 4.99 Å². The van der Waals surface area contributed by atoms with E-state index in [-0.39, 0.29) is 23.5 Å². The molecule has 0 saturated carbocycles. The van der Waals surface area contributed by atoms with Crippen LogP contribution in [-0.4, -0.2) is 30.5 Å². The molecule has 0 amide bonds. The van der Waals surface area contributed by atoms with Crippen LogP contribution in [0.3, 0.4) is 0 Å². The van der Waals surface area contributed by atoms with E-state index in [1.165, 1.54) is 30.5 Å². The van der Waals surface area contributed by atoms with Gasteiger partial charge in [-0.1, -0.05) is 0 Å². The number of nitrogens with zero attached hydrogens (tertiary/aromatic N) is 1. The van der Waals surface area contributed by atoms with E-state index in [0.717, 1.165) is 0 Å². The van der Waals surface area contributed by atoms with E-state index < -0.39 is 11.8 Å². The molecule has 2 rings (SSSR count). The summed E-state index contributed by atoms with van der Waals surface area (Å²) in [5.41, 5.74) is 0.738. The topological polar surface area (TPSA) is 68.1 Å². The molecule has 0 aliphatic heterocycles. The Labute approximate surface area is 151 Å². The van der Waals surface area contributed by atoms with Gasteiger partial charge in [-0.25, -0.2) is 9.18 Å². The molecule has 136 valence electrons. The molecule has 0 saturated heterocycles. The molecule has 26 heavy (non-hydrogen) atoms. The summed E-state index contributed by atoms with van der Waals surface area (Å²) in [5.74, 6) is -0.786. The van der Waals surface area contributed by atoms with Crippen molar-refractivity contribution in [2.75, 3.05) is 13.2 Å². The van der Waals surface area contributed by atoms with Crippen LogP contribution in [0, 0.1) is 5.82 Å². The van der Waals surface area contributed by atoms with Crippen LogP contribution < -0.4 is 4.74 Å². The van der Waals surface area contributed by atoms with Gasteiger partial charge in [0.1, 0.15) is 22.9 Å². The van der Waals surface area contributed by atoms with Crippen LogP contribution in [0.2, 0.25) is 0 Å². The number of rotatable bonds is 7. The van der Waals surface area contributed by atoms with E-state index in [2.05, 4.69) is 4.99 Å². The molecular formula is C20H20FNO4. The maximum atomic E-state index is 13.1.